The van der Waals surface area contributed by atoms with Gasteiger partial charge in [0.2, 0.25) is 0 Å². The molecular formula is C25H20ClN5O. The Morgan fingerprint density at radius 3 is 2.78 bits per heavy atom. The van der Waals surface area contributed by atoms with Crippen LogP contribution in [0.1, 0.15) is 40.4 Å². The first-order valence-electron chi connectivity index (χ1n) is 10.1. The van der Waals surface area contributed by atoms with Gasteiger partial charge in [0.1, 0.15) is 5.15 Å². The zero-order valence-corrected chi connectivity index (χ0v) is 18.2. The van der Waals surface area contributed by atoms with E-state index in [4.69, 9.17) is 16.9 Å². The van der Waals surface area contributed by atoms with Gasteiger partial charge in [-0.1, -0.05) is 23.7 Å². The number of hydrogen-bond donors (Lipinski definition) is 1. The van der Waals surface area contributed by atoms with Crippen molar-refractivity contribution in [2.45, 2.75) is 19.8 Å². The number of allylic oxidation sites excluding steroid dienone is 1. The predicted octanol–water partition coefficient (Wildman–Crippen LogP) is 5.66. The normalized spacial score (nSPS) is 12.6. The van der Waals surface area contributed by atoms with E-state index in [2.05, 4.69) is 27.5 Å². The largest absolute Gasteiger partial charge is 0.322 e. The maximum absolute atomic E-state index is 12.7. The molecule has 0 bridgehead atoms. The molecule has 1 amide bonds. The minimum absolute atomic E-state index is 0.160. The first-order chi connectivity index (χ1) is 15.6. The first-order valence-corrected chi connectivity index (χ1v) is 10.5. The molecule has 1 heterocycles. The van der Waals surface area contributed by atoms with Crippen LogP contribution < -0.4 is 10.3 Å². The van der Waals surface area contributed by atoms with Gasteiger partial charge in [0.05, 0.1) is 28.6 Å². The average molecular weight is 442 g/mol. The Bertz CT molecular complexity index is 1260. The number of carbonyl (C=O) groups excluding carboxylic acids is 1. The summed E-state index contributed by atoms with van der Waals surface area (Å²) in [5.41, 5.74) is 5.49. The van der Waals surface area contributed by atoms with Gasteiger partial charge in [0.15, 0.2) is 0 Å². The van der Waals surface area contributed by atoms with Crippen LogP contribution in [0.2, 0.25) is 5.15 Å². The number of benzene rings is 2. The molecule has 1 aromatic heterocycles. The van der Waals surface area contributed by atoms with Crippen LogP contribution in [0.15, 0.2) is 72.0 Å². The fraction of sp³-hybridized carbons (Fsp3) is 0.120. The Morgan fingerprint density at radius 1 is 1.25 bits per heavy atom. The van der Waals surface area contributed by atoms with Crippen molar-refractivity contribution in [2.75, 3.05) is 10.3 Å². The molecule has 7 heteroatoms. The number of rotatable bonds is 5. The second-order valence-corrected chi connectivity index (χ2v) is 7.50. The Kier molecular flexibility index (Phi) is 6.29. The van der Waals surface area contributed by atoms with Crippen molar-refractivity contribution in [3.05, 3.63) is 94.3 Å². The molecule has 0 saturated carbocycles. The Balaban J connectivity index is 1.68. The van der Waals surface area contributed by atoms with Gasteiger partial charge in [-0.3, -0.25) is 4.79 Å². The minimum Gasteiger partial charge on any atom is -0.322 e. The lowest BCUT2D eigenvalue weighted by atomic mass is 9.93. The topological polar surface area (TPSA) is 81.4 Å². The number of aromatic nitrogens is 1. The quantitative estimate of drug-likeness (QED) is 0.314. The minimum atomic E-state index is -0.320. The van der Waals surface area contributed by atoms with E-state index in [9.17, 15) is 4.79 Å². The van der Waals surface area contributed by atoms with Crippen LogP contribution in [0.3, 0.4) is 0 Å². The molecule has 158 valence electrons. The summed E-state index contributed by atoms with van der Waals surface area (Å²) >= 11 is 6.07. The van der Waals surface area contributed by atoms with Crippen molar-refractivity contribution in [1.29, 1.82) is 5.26 Å². The zero-order chi connectivity index (χ0) is 22.5. The molecule has 3 aromatic rings. The maximum atomic E-state index is 12.7. The van der Waals surface area contributed by atoms with E-state index in [1.54, 1.807) is 36.7 Å². The molecule has 32 heavy (non-hydrogen) atoms. The van der Waals surface area contributed by atoms with Gasteiger partial charge in [-0.05, 0) is 73.9 Å². The summed E-state index contributed by atoms with van der Waals surface area (Å²) < 4.78 is 0. The number of nitrogens with zero attached hydrogens (tertiary/aromatic N) is 4. The fourth-order valence-electron chi connectivity index (χ4n) is 3.60. The van der Waals surface area contributed by atoms with E-state index in [1.807, 2.05) is 42.3 Å². The summed E-state index contributed by atoms with van der Waals surface area (Å²) in [6.07, 6.45) is 7.19. The summed E-state index contributed by atoms with van der Waals surface area (Å²) in [5, 5.41) is 18.6. The molecule has 0 saturated heterocycles. The van der Waals surface area contributed by atoms with Crippen molar-refractivity contribution < 1.29 is 4.79 Å². The van der Waals surface area contributed by atoms with E-state index in [1.165, 1.54) is 5.56 Å². The highest BCUT2D eigenvalue weighted by Gasteiger charge is 2.21. The van der Waals surface area contributed by atoms with E-state index < -0.39 is 0 Å². The van der Waals surface area contributed by atoms with Crippen molar-refractivity contribution in [1.82, 2.24) is 4.98 Å². The van der Waals surface area contributed by atoms with Crippen LogP contribution >= 0.6 is 11.6 Å². The summed E-state index contributed by atoms with van der Waals surface area (Å²) in [6, 6.07) is 18.6. The maximum Gasteiger partial charge on any atom is 0.258 e. The first kappa shape index (κ1) is 21.3. The number of fused-ring (bicyclic) bond motifs is 1. The highest BCUT2D eigenvalue weighted by atomic mass is 35.5. The van der Waals surface area contributed by atoms with Gasteiger partial charge >= 0.3 is 0 Å². The predicted molar refractivity (Wildman–Crippen MR) is 128 cm³/mol. The lowest BCUT2D eigenvalue weighted by molar-refractivity contribution is 0.102. The van der Waals surface area contributed by atoms with E-state index in [0.717, 1.165) is 29.8 Å². The summed E-state index contributed by atoms with van der Waals surface area (Å²) in [4.78, 5) is 16.7. The highest BCUT2D eigenvalue weighted by molar-refractivity contribution is 6.33. The number of hydrogen-bond acceptors (Lipinski definition) is 5. The SMILES string of the molecule is C/C=N/N(C1=CCCc2ccc(NC(=O)c3cccnc3Cl)cc21)c1ccc(C#N)cc1. The van der Waals surface area contributed by atoms with Crippen molar-refractivity contribution >= 4 is 40.8 Å². The zero-order valence-electron chi connectivity index (χ0n) is 17.4. The third-order valence-corrected chi connectivity index (χ3v) is 5.40. The molecule has 1 aliphatic rings. The number of carbonyl (C=O) groups is 1. The molecule has 2 aromatic carbocycles. The Labute approximate surface area is 191 Å². The van der Waals surface area contributed by atoms with Gasteiger partial charge in [-0.2, -0.15) is 10.4 Å². The second kappa shape index (κ2) is 9.46. The monoisotopic (exact) mass is 441 g/mol. The lowest BCUT2D eigenvalue weighted by Crippen LogP contribution is -2.19. The molecule has 1 aliphatic carbocycles. The Hall–Kier alpha value is -3.95. The second-order valence-electron chi connectivity index (χ2n) is 7.14. The van der Waals surface area contributed by atoms with Crippen molar-refractivity contribution in [3.63, 3.8) is 0 Å². The fourth-order valence-corrected chi connectivity index (χ4v) is 3.81. The van der Waals surface area contributed by atoms with Crippen LogP contribution in [0.4, 0.5) is 11.4 Å². The molecule has 0 unspecified atom stereocenters. The molecule has 4 rings (SSSR count). The number of halogens is 1. The van der Waals surface area contributed by atoms with E-state index in [0.29, 0.717) is 16.8 Å². The number of nitrogens with one attached hydrogen (secondary N) is 1. The molecule has 0 spiro atoms. The van der Waals surface area contributed by atoms with E-state index >= 15 is 0 Å². The number of nitriles is 1. The standard InChI is InChI=1S/C25H20ClN5O/c1-2-29-31(20-12-8-17(16-27)9-13-20)23-7-3-5-18-10-11-19(15-22(18)23)30-25(32)21-6-4-14-28-24(21)26/h2,4,6-15H,3,5H2,1H3,(H,30,32)/b29-2+. The smallest absolute Gasteiger partial charge is 0.258 e. The molecular weight excluding hydrogens is 422 g/mol. The van der Waals surface area contributed by atoms with Gasteiger partial charge in [0, 0.05) is 23.7 Å². The van der Waals surface area contributed by atoms with Crippen LogP contribution in [-0.2, 0) is 6.42 Å². The number of aryl methyl sites for hydroxylation is 1. The van der Waals surface area contributed by atoms with Gasteiger partial charge in [0.25, 0.3) is 5.91 Å². The number of hydrazone groups is 1. The summed E-state index contributed by atoms with van der Waals surface area (Å²) in [7, 11) is 0. The van der Waals surface area contributed by atoms with Crippen LogP contribution in [0, 0.1) is 11.3 Å². The molecule has 6 nitrogen and oxygen atoms in total. The Morgan fingerprint density at radius 2 is 2.06 bits per heavy atom. The van der Waals surface area contributed by atoms with Crippen LogP contribution in [0.5, 0.6) is 0 Å². The van der Waals surface area contributed by atoms with E-state index in [-0.39, 0.29) is 11.1 Å². The van der Waals surface area contributed by atoms with Crippen LogP contribution in [0.25, 0.3) is 5.70 Å². The van der Waals surface area contributed by atoms with Crippen molar-refractivity contribution in [2.24, 2.45) is 5.10 Å². The highest BCUT2D eigenvalue weighted by Crippen LogP contribution is 2.35. The van der Waals surface area contributed by atoms with Gasteiger partial charge < -0.3 is 5.32 Å². The van der Waals surface area contributed by atoms with Gasteiger partial charge in [-0.15, -0.1) is 0 Å². The lowest BCUT2D eigenvalue weighted by Gasteiger charge is -2.27. The molecule has 1 N–H and O–H groups in total. The third kappa shape index (κ3) is 4.39. The molecule has 0 radical (unpaired) electrons. The molecule has 0 atom stereocenters. The van der Waals surface area contributed by atoms with Crippen molar-refractivity contribution in [3.8, 4) is 6.07 Å². The average Bonchev–Trinajstić information content (AvgIpc) is 2.82. The number of pyridine rings is 1. The summed E-state index contributed by atoms with van der Waals surface area (Å²) in [5.74, 6) is -0.320. The van der Waals surface area contributed by atoms with Crippen LogP contribution in [-0.4, -0.2) is 17.1 Å². The number of anilines is 2. The van der Waals surface area contributed by atoms with Gasteiger partial charge in [-0.25, -0.2) is 9.99 Å². The third-order valence-electron chi connectivity index (χ3n) is 5.10. The number of amides is 1. The summed E-state index contributed by atoms with van der Waals surface area (Å²) in [6.45, 7) is 1.86. The molecule has 0 aliphatic heterocycles. The molecule has 0 fully saturated rings.